The summed E-state index contributed by atoms with van der Waals surface area (Å²) < 4.78 is 10.4. The molecule has 0 saturated carbocycles. The predicted molar refractivity (Wildman–Crippen MR) is 64.2 cm³/mol. The number of ether oxygens (including phenoxy) is 1. The van der Waals surface area contributed by atoms with Crippen molar-refractivity contribution in [2.75, 3.05) is 6.61 Å². The molecule has 0 amide bonds. The molecule has 0 N–H and O–H groups in total. The fourth-order valence-corrected chi connectivity index (χ4v) is 2.71. The minimum Gasteiger partial charge on any atom is -0.465 e. The van der Waals surface area contributed by atoms with Crippen molar-refractivity contribution in [2.24, 2.45) is 0 Å². The minimum absolute atomic E-state index is 0.199. The van der Waals surface area contributed by atoms with Gasteiger partial charge in [0.05, 0.1) is 6.61 Å². The quantitative estimate of drug-likeness (QED) is 0.785. The van der Waals surface area contributed by atoms with Gasteiger partial charge < -0.3 is 9.15 Å². The van der Waals surface area contributed by atoms with Gasteiger partial charge in [0.2, 0.25) is 0 Å². The van der Waals surface area contributed by atoms with Crippen LogP contribution in [0.15, 0.2) is 27.8 Å². The second-order valence-electron chi connectivity index (χ2n) is 3.65. The van der Waals surface area contributed by atoms with E-state index in [1.165, 1.54) is 11.8 Å². The van der Waals surface area contributed by atoms with Crippen LogP contribution in [-0.2, 0) is 9.53 Å². The maximum Gasteiger partial charge on any atom is 0.319 e. The van der Waals surface area contributed by atoms with Crippen LogP contribution < -0.4 is 0 Å². The van der Waals surface area contributed by atoms with Crippen LogP contribution in [0.3, 0.4) is 0 Å². The summed E-state index contributed by atoms with van der Waals surface area (Å²) in [7, 11) is 0. The molecule has 1 saturated heterocycles. The van der Waals surface area contributed by atoms with E-state index in [0.717, 1.165) is 0 Å². The molecule has 1 aliphatic rings. The molecule has 1 aromatic carbocycles. The molecule has 0 unspecified atom stereocenters. The Hall–Kier alpha value is -1.20. The van der Waals surface area contributed by atoms with Gasteiger partial charge in [-0.3, -0.25) is 4.79 Å². The van der Waals surface area contributed by atoms with Crippen LogP contribution in [0.5, 0.6) is 0 Å². The van der Waals surface area contributed by atoms with Crippen molar-refractivity contribution in [3.05, 3.63) is 23.2 Å². The molecule has 1 aromatic heterocycles. The minimum atomic E-state index is -0.210. The average molecular weight is 270 g/mol. The molecular weight excluding hydrogens is 262 g/mol. The van der Waals surface area contributed by atoms with E-state index >= 15 is 0 Å². The van der Waals surface area contributed by atoms with E-state index < -0.39 is 0 Å². The Bertz CT molecular complexity index is 583. The first-order valence-corrected chi connectivity index (χ1v) is 6.37. The van der Waals surface area contributed by atoms with E-state index in [2.05, 4.69) is 4.98 Å². The Morgan fingerprint density at radius 1 is 1.47 bits per heavy atom. The first kappa shape index (κ1) is 10.9. The van der Waals surface area contributed by atoms with Gasteiger partial charge in [-0.1, -0.05) is 23.4 Å². The van der Waals surface area contributed by atoms with Gasteiger partial charge in [0.15, 0.2) is 5.58 Å². The highest BCUT2D eigenvalue weighted by Crippen LogP contribution is 2.31. The van der Waals surface area contributed by atoms with Crippen molar-refractivity contribution in [1.82, 2.24) is 4.98 Å². The van der Waals surface area contributed by atoms with E-state index in [9.17, 15) is 4.79 Å². The third-order valence-corrected chi connectivity index (χ3v) is 3.78. The highest BCUT2D eigenvalue weighted by atomic mass is 35.5. The number of cyclic esters (lactones) is 1. The van der Waals surface area contributed by atoms with Gasteiger partial charge in [0.1, 0.15) is 10.8 Å². The van der Waals surface area contributed by atoms with Crippen LogP contribution in [0.2, 0.25) is 5.02 Å². The largest absolute Gasteiger partial charge is 0.465 e. The molecule has 17 heavy (non-hydrogen) atoms. The fraction of sp³-hybridized carbons (Fsp3) is 0.273. The summed E-state index contributed by atoms with van der Waals surface area (Å²) in [6, 6.07) is 5.24. The average Bonchev–Trinajstić information content (AvgIpc) is 2.85. The zero-order valence-electron chi connectivity index (χ0n) is 8.68. The van der Waals surface area contributed by atoms with Crippen molar-refractivity contribution in [3.8, 4) is 0 Å². The first-order chi connectivity index (χ1) is 8.22. The molecule has 3 rings (SSSR count). The monoisotopic (exact) mass is 269 g/mol. The molecule has 4 nitrogen and oxygen atoms in total. The summed E-state index contributed by atoms with van der Waals surface area (Å²) in [5.41, 5.74) is 1.37. The summed E-state index contributed by atoms with van der Waals surface area (Å²) in [6.45, 7) is 0.475. The highest BCUT2D eigenvalue weighted by Gasteiger charge is 2.29. The van der Waals surface area contributed by atoms with Crippen LogP contribution in [-0.4, -0.2) is 22.8 Å². The van der Waals surface area contributed by atoms with Crippen molar-refractivity contribution in [1.29, 1.82) is 0 Å². The second-order valence-corrected chi connectivity index (χ2v) is 5.24. The first-order valence-electron chi connectivity index (χ1n) is 5.12. The number of thioether (sulfide) groups is 1. The van der Waals surface area contributed by atoms with E-state index in [-0.39, 0.29) is 11.2 Å². The van der Waals surface area contributed by atoms with Crippen molar-refractivity contribution >= 4 is 40.4 Å². The standard InChI is InChI=1S/C11H8ClNO3S/c12-6-1-2-8-7(5-6)13-11(16-8)17-9-3-4-15-10(9)14/h1-2,5,9H,3-4H2/t9-/m1/s1. The number of fused-ring (bicyclic) bond motifs is 1. The number of hydrogen-bond donors (Lipinski definition) is 0. The number of rotatable bonds is 2. The third kappa shape index (κ3) is 2.12. The van der Waals surface area contributed by atoms with E-state index in [4.69, 9.17) is 20.8 Å². The molecule has 0 spiro atoms. The van der Waals surface area contributed by atoms with Crippen LogP contribution >= 0.6 is 23.4 Å². The zero-order valence-corrected chi connectivity index (χ0v) is 10.3. The van der Waals surface area contributed by atoms with Crippen LogP contribution in [0, 0.1) is 0 Å². The summed E-state index contributed by atoms with van der Waals surface area (Å²) in [5.74, 6) is -0.199. The molecule has 1 aliphatic heterocycles. The maximum atomic E-state index is 11.3. The number of carbonyl (C=O) groups excluding carboxylic acids is 1. The van der Waals surface area contributed by atoms with E-state index in [1.54, 1.807) is 18.2 Å². The number of esters is 1. The van der Waals surface area contributed by atoms with Gasteiger partial charge in [-0.2, -0.15) is 0 Å². The lowest BCUT2D eigenvalue weighted by atomic mass is 10.3. The molecule has 0 bridgehead atoms. The van der Waals surface area contributed by atoms with Gasteiger partial charge in [-0.05, 0) is 18.2 Å². The number of hydrogen-bond acceptors (Lipinski definition) is 5. The SMILES string of the molecule is O=C1OCC[C@H]1Sc1nc2cc(Cl)ccc2o1. The van der Waals surface area contributed by atoms with Crippen molar-refractivity contribution in [3.63, 3.8) is 0 Å². The van der Waals surface area contributed by atoms with Gasteiger partial charge in [0, 0.05) is 11.4 Å². The number of benzene rings is 1. The van der Waals surface area contributed by atoms with Crippen molar-refractivity contribution < 1.29 is 13.9 Å². The van der Waals surface area contributed by atoms with Gasteiger partial charge in [0.25, 0.3) is 5.22 Å². The Morgan fingerprint density at radius 2 is 2.35 bits per heavy atom. The Balaban J connectivity index is 1.88. The number of nitrogens with zero attached hydrogens (tertiary/aromatic N) is 1. The van der Waals surface area contributed by atoms with Crippen molar-refractivity contribution in [2.45, 2.75) is 16.9 Å². The van der Waals surface area contributed by atoms with Gasteiger partial charge in [-0.25, -0.2) is 4.98 Å². The summed E-state index contributed by atoms with van der Waals surface area (Å²) in [4.78, 5) is 15.6. The van der Waals surface area contributed by atoms with Crippen LogP contribution in [0.25, 0.3) is 11.1 Å². The summed E-state index contributed by atoms with van der Waals surface area (Å²) in [6.07, 6.45) is 0.697. The normalized spacial score (nSPS) is 19.8. The number of halogens is 1. The Kier molecular flexibility index (Phi) is 2.72. The molecule has 1 atom stereocenters. The lowest BCUT2D eigenvalue weighted by Crippen LogP contribution is -2.09. The molecule has 0 radical (unpaired) electrons. The van der Waals surface area contributed by atoms with Gasteiger partial charge in [-0.15, -0.1) is 0 Å². The molecular formula is C11H8ClNO3S. The molecule has 2 aromatic rings. The fourth-order valence-electron chi connectivity index (χ4n) is 1.64. The number of aromatic nitrogens is 1. The molecule has 88 valence electrons. The van der Waals surface area contributed by atoms with Crippen LogP contribution in [0.1, 0.15) is 6.42 Å². The molecule has 1 fully saturated rings. The van der Waals surface area contributed by atoms with E-state index in [1.807, 2.05) is 0 Å². The van der Waals surface area contributed by atoms with Gasteiger partial charge >= 0.3 is 5.97 Å². The predicted octanol–water partition coefficient (Wildman–Crippen LogP) is 2.89. The van der Waals surface area contributed by atoms with Crippen LogP contribution in [0.4, 0.5) is 0 Å². The number of carbonyl (C=O) groups is 1. The lowest BCUT2D eigenvalue weighted by Gasteiger charge is -1.99. The Morgan fingerprint density at radius 3 is 3.12 bits per heavy atom. The zero-order chi connectivity index (χ0) is 11.8. The topological polar surface area (TPSA) is 52.3 Å². The second kappa shape index (κ2) is 4.23. The maximum absolute atomic E-state index is 11.3. The van der Waals surface area contributed by atoms with E-state index in [0.29, 0.717) is 34.4 Å². The highest BCUT2D eigenvalue weighted by molar-refractivity contribution is 8.00. The number of oxazole rings is 1. The lowest BCUT2D eigenvalue weighted by molar-refractivity contribution is -0.137. The summed E-state index contributed by atoms with van der Waals surface area (Å²) in [5, 5.41) is 0.882. The molecule has 0 aliphatic carbocycles. The Labute approximate surface area is 106 Å². The molecule has 6 heteroatoms. The smallest absolute Gasteiger partial charge is 0.319 e. The molecule has 2 heterocycles. The third-order valence-electron chi connectivity index (χ3n) is 2.46. The summed E-state index contributed by atoms with van der Waals surface area (Å²) >= 11 is 7.15.